The normalized spacial score (nSPS) is 55.1. The highest BCUT2D eigenvalue weighted by molar-refractivity contribution is 6.26. The minimum atomic E-state index is -0.243. The van der Waals surface area contributed by atoms with E-state index < -0.39 is 0 Å². The number of esters is 1. The molecule has 0 aromatic carbocycles. The van der Waals surface area contributed by atoms with Crippen molar-refractivity contribution < 1.29 is 9.53 Å². The van der Waals surface area contributed by atoms with Gasteiger partial charge in [0.25, 0.3) is 0 Å². The van der Waals surface area contributed by atoms with Gasteiger partial charge in [0.15, 0.2) is 0 Å². The molecule has 5 saturated carbocycles. The van der Waals surface area contributed by atoms with Crippen LogP contribution >= 0.6 is 11.6 Å². The zero-order chi connectivity index (χ0) is 25.7. The largest absolute Gasteiger partial charge is 0.461 e. The summed E-state index contributed by atoms with van der Waals surface area (Å²) in [6, 6.07) is 0. The minimum absolute atomic E-state index is 0.0308. The lowest BCUT2D eigenvalue weighted by molar-refractivity contribution is -0.263. The lowest BCUT2D eigenvalue weighted by Gasteiger charge is -2.75. The van der Waals surface area contributed by atoms with E-state index in [1.165, 1.54) is 64.2 Å². The smallest absolute Gasteiger partial charge is 0.321 e. The maximum atomic E-state index is 12.0. The number of halogens is 1. The molecule has 35 heavy (non-hydrogen) atoms. The Morgan fingerprint density at radius 3 is 2.06 bits per heavy atom. The topological polar surface area (TPSA) is 26.3 Å². The maximum absolute atomic E-state index is 12.0. The van der Waals surface area contributed by atoms with E-state index in [1.54, 1.807) is 0 Å². The molecule has 0 aliphatic heterocycles. The van der Waals surface area contributed by atoms with Crippen molar-refractivity contribution in [1.82, 2.24) is 0 Å². The van der Waals surface area contributed by atoms with Crippen LogP contribution in [0.2, 0.25) is 0 Å². The second-order valence-corrected chi connectivity index (χ2v) is 16.4. The highest BCUT2D eigenvalue weighted by Gasteiger charge is 2.70. The van der Waals surface area contributed by atoms with Crippen LogP contribution in [0.4, 0.5) is 0 Å². The zero-order valence-electron chi connectivity index (χ0n) is 24.1. The maximum Gasteiger partial charge on any atom is 0.321 e. The summed E-state index contributed by atoms with van der Waals surface area (Å²) in [6.07, 6.45) is 14.8. The van der Waals surface area contributed by atoms with Crippen LogP contribution in [0, 0.1) is 56.2 Å². The molecule has 0 aromatic heterocycles. The molecule has 5 fully saturated rings. The van der Waals surface area contributed by atoms with Crippen LogP contribution in [0.15, 0.2) is 0 Å². The van der Waals surface area contributed by atoms with E-state index in [9.17, 15) is 4.79 Å². The first kappa shape index (κ1) is 26.4. The van der Waals surface area contributed by atoms with E-state index in [0.29, 0.717) is 33.0 Å². The zero-order valence-corrected chi connectivity index (χ0v) is 24.8. The Bertz CT molecular complexity index is 868. The predicted octanol–water partition coefficient (Wildman–Crippen LogP) is 9.04. The van der Waals surface area contributed by atoms with Gasteiger partial charge in [-0.05, 0) is 127 Å². The van der Waals surface area contributed by atoms with Crippen molar-refractivity contribution in [3.8, 4) is 0 Å². The van der Waals surface area contributed by atoms with Gasteiger partial charge in [0.2, 0.25) is 0 Å². The van der Waals surface area contributed by atoms with Crippen molar-refractivity contribution in [2.45, 2.75) is 132 Å². The van der Waals surface area contributed by atoms with Gasteiger partial charge >= 0.3 is 5.97 Å². The Hall–Kier alpha value is -0.240. The van der Waals surface area contributed by atoms with E-state index in [2.05, 4.69) is 55.4 Å². The summed E-state index contributed by atoms with van der Waals surface area (Å²) in [5, 5.41) is 0. The third-order valence-electron chi connectivity index (χ3n) is 14.3. The molecule has 0 radical (unpaired) electrons. The molecule has 0 spiro atoms. The van der Waals surface area contributed by atoms with Crippen LogP contribution in [0.3, 0.4) is 0 Å². The minimum Gasteiger partial charge on any atom is -0.461 e. The molecule has 0 unspecified atom stereocenters. The van der Waals surface area contributed by atoms with Gasteiger partial charge < -0.3 is 4.74 Å². The molecule has 0 aromatic rings. The number of hydrogen-bond acceptors (Lipinski definition) is 2. The first-order valence-corrected chi connectivity index (χ1v) is 15.4. The average molecular weight is 505 g/mol. The summed E-state index contributed by atoms with van der Waals surface area (Å²) in [4.78, 5) is 12.0. The first-order chi connectivity index (χ1) is 16.2. The number of alkyl halides is 1. The standard InChI is InChI=1S/C32H53ClO2/c1-21-22(35-26(34)20-33)9-10-23-29(21,5)12-11-24-30(23,6)16-18-32(8)25-19-27(2,3)13-14-28(25,4)15-17-31(24,32)7/h21-25H,9-20H2,1-8H3/t21-,22+,23+,24+,25-,28+,29+,30+,31+,32-/m0/s1. The Balaban J connectivity index is 1.47. The first-order valence-electron chi connectivity index (χ1n) is 14.9. The molecule has 5 aliphatic carbocycles. The van der Waals surface area contributed by atoms with E-state index in [0.717, 1.165) is 24.2 Å². The molecular formula is C32H53ClO2. The molecule has 5 rings (SSSR count). The molecule has 2 nitrogen and oxygen atoms in total. The van der Waals surface area contributed by atoms with Gasteiger partial charge in [0, 0.05) is 0 Å². The number of ether oxygens (including phenoxy) is 1. The quantitative estimate of drug-likeness (QED) is 0.277. The summed E-state index contributed by atoms with van der Waals surface area (Å²) in [5.74, 6) is 2.53. The summed E-state index contributed by atoms with van der Waals surface area (Å²) in [5.41, 5.74) is 2.57. The van der Waals surface area contributed by atoms with Crippen LogP contribution in [0.1, 0.15) is 126 Å². The number of rotatable bonds is 2. The van der Waals surface area contributed by atoms with Crippen molar-refractivity contribution >= 4 is 17.6 Å². The molecule has 0 N–H and O–H groups in total. The van der Waals surface area contributed by atoms with Gasteiger partial charge in [-0.25, -0.2) is 0 Å². The van der Waals surface area contributed by atoms with Crippen molar-refractivity contribution in [2.75, 3.05) is 5.88 Å². The van der Waals surface area contributed by atoms with Crippen molar-refractivity contribution in [1.29, 1.82) is 0 Å². The van der Waals surface area contributed by atoms with E-state index in [1.807, 2.05) is 0 Å². The summed E-state index contributed by atoms with van der Waals surface area (Å²) < 4.78 is 5.88. The Morgan fingerprint density at radius 2 is 1.37 bits per heavy atom. The SMILES string of the molecule is C[C@H]1[C@H](OC(=O)CCl)CC[C@@H]2[C@]1(C)CC[C@@H]1[C@]2(C)CC[C@@]2(C)[C@H]3CC(C)(C)CC[C@]3(C)CC[C@]12C. The van der Waals surface area contributed by atoms with E-state index in [-0.39, 0.29) is 23.4 Å². The lowest BCUT2D eigenvalue weighted by Crippen LogP contribution is -2.68. The van der Waals surface area contributed by atoms with Gasteiger partial charge in [0.1, 0.15) is 12.0 Å². The van der Waals surface area contributed by atoms with Crippen LogP contribution in [-0.4, -0.2) is 18.0 Å². The molecular weight excluding hydrogens is 452 g/mol. The fourth-order valence-corrected chi connectivity index (χ4v) is 11.8. The van der Waals surface area contributed by atoms with Crippen molar-refractivity contribution in [3.05, 3.63) is 0 Å². The van der Waals surface area contributed by atoms with E-state index in [4.69, 9.17) is 16.3 Å². The van der Waals surface area contributed by atoms with Crippen LogP contribution in [0.25, 0.3) is 0 Å². The number of carbonyl (C=O) groups excluding carboxylic acids is 1. The molecule has 0 heterocycles. The number of fused-ring (bicyclic) bond motifs is 7. The van der Waals surface area contributed by atoms with Crippen molar-refractivity contribution in [2.24, 2.45) is 56.2 Å². The average Bonchev–Trinajstić information content (AvgIpc) is 2.79. The fourth-order valence-electron chi connectivity index (χ4n) is 11.7. The third-order valence-corrected chi connectivity index (χ3v) is 14.5. The molecule has 200 valence electrons. The van der Waals surface area contributed by atoms with Gasteiger partial charge in [-0.15, -0.1) is 11.6 Å². The Morgan fingerprint density at radius 1 is 0.743 bits per heavy atom. The Labute approximate surface area is 221 Å². The highest BCUT2D eigenvalue weighted by atomic mass is 35.5. The highest BCUT2D eigenvalue weighted by Crippen LogP contribution is 2.78. The van der Waals surface area contributed by atoms with Crippen LogP contribution in [0.5, 0.6) is 0 Å². The summed E-state index contributed by atoms with van der Waals surface area (Å²) in [6.45, 7) is 20.8. The van der Waals surface area contributed by atoms with Gasteiger partial charge in [-0.2, -0.15) is 0 Å². The predicted molar refractivity (Wildman–Crippen MR) is 145 cm³/mol. The monoisotopic (exact) mass is 504 g/mol. The van der Waals surface area contributed by atoms with Crippen LogP contribution in [-0.2, 0) is 9.53 Å². The Kier molecular flexibility index (Phi) is 6.13. The number of hydrogen-bond donors (Lipinski definition) is 0. The molecule has 0 amide bonds. The molecule has 0 bridgehead atoms. The van der Waals surface area contributed by atoms with Gasteiger partial charge in [-0.3, -0.25) is 4.79 Å². The molecule has 5 aliphatic rings. The lowest BCUT2D eigenvalue weighted by atomic mass is 9.30. The van der Waals surface area contributed by atoms with Gasteiger partial charge in [-0.1, -0.05) is 55.4 Å². The third kappa shape index (κ3) is 3.56. The molecule has 10 atom stereocenters. The number of carbonyl (C=O) groups is 1. The summed E-state index contributed by atoms with van der Waals surface area (Å²) >= 11 is 5.80. The van der Waals surface area contributed by atoms with Crippen LogP contribution < -0.4 is 0 Å². The van der Waals surface area contributed by atoms with Crippen molar-refractivity contribution in [3.63, 3.8) is 0 Å². The molecule has 3 heteroatoms. The molecule has 0 saturated heterocycles. The second kappa shape index (κ2) is 8.13. The van der Waals surface area contributed by atoms with E-state index >= 15 is 0 Å². The van der Waals surface area contributed by atoms with Gasteiger partial charge in [0.05, 0.1) is 0 Å². The summed E-state index contributed by atoms with van der Waals surface area (Å²) in [7, 11) is 0. The fraction of sp³-hybridized carbons (Fsp3) is 0.969. The second-order valence-electron chi connectivity index (χ2n) is 16.1.